The summed E-state index contributed by atoms with van der Waals surface area (Å²) < 4.78 is 11.0. The number of carbonyl (C=O) groups is 1. The Balaban J connectivity index is 2.27. The van der Waals surface area contributed by atoms with Crippen molar-refractivity contribution in [2.45, 2.75) is 32.9 Å². The first-order valence-electron chi connectivity index (χ1n) is 8.87. The van der Waals surface area contributed by atoms with Crippen LogP contribution in [0, 0.1) is 11.3 Å². The van der Waals surface area contributed by atoms with E-state index in [9.17, 15) is 10.1 Å². The smallest absolute Gasteiger partial charge is 0.262 e. The molecule has 0 aliphatic rings. The lowest BCUT2D eigenvalue weighted by Crippen LogP contribution is -2.27. The van der Waals surface area contributed by atoms with Gasteiger partial charge in [0.2, 0.25) is 0 Å². The van der Waals surface area contributed by atoms with Crippen LogP contribution >= 0.6 is 11.6 Å². The van der Waals surface area contributed by atoms with Crippen LogP contribution in [0.5, 0.6) is 11.5 Å². The fraction of sp³-hybridized carbons (Fsp3) is 0.273. The lowest BCUT2D eigenvalue weighted by Gasteiger charge is -2.16. The van der Waals surface area contributed by atoms with E-state index < -0.39 is 5.91 Å². The highest BCUT2D eigenvalue weighted by atomic mass is 35.5. The molecular weight excluding hydrogens is 376 g/mol. The van der Waals surface area contributed by atoms with Crippen LogP contribution in [-0.4, -0.2) is 19.1 Å². The van der Waals surface area contributed by atoms with Gasteiger partial charge in [-0.15, -0.1) is 0 Å². The monoisotopic (exact) mass is 398 g/mol. The van der Waals surface area contributed by atoms with E-state index in [1.165, 1.54) is 13.2 Å². The molecule has 0 aromatic heterocycles. The minimum Gasteiger partial charge on any atom is -0.493 e. The number of amides is 1. The molecule has 0 aliphatic heterocycles. The van der Waals surface area contributed by atoms with Gasteiger partial charge in [0.05, 0.1) is 24.3 Å². The highest BCUT2D eigenvalue weighted by molar-refractivity contribution is 6.32. The Morgan fingerprint density at radius 1 is 1.21 bits per heavy atom. The Bertz CT molecular complexity index is 902. The summed E-state index contributed by atoms with van der Waals surface area (Å²) in [6.45, 7) is 5.63. The maximum absolute atomic E-state index is 12.5. The number of nitriles is 1. The van der Waals surface area contributed by atoms with Gasteiger partial charge in [-0.05, 0) is 50.1 Å². The maximum Gasteiger partial charge on any atom is 0.262 e. The molecule has 1 amide bonds. The number of hydrogen-bond acceptors (Lipinski definition) is 4. The molecule has 2 rings (SSSR count). The molecule has 146 valence electrons. The van der Waals surface area contributed by atoms with E-state index in [1.54, 1.807) is 12.1 Å². The molecule has 0 radical (unpaired) electrons. The number of nitrogens with zero attached hydrogens (tertiary/aromatic N) is 1. The molecule has 2 aromatic carbocycles. The number of hydrogen-bond donors (Lipinski definition) is 1. The van der Waals surface area contributed by atoms with Crippen LogP contribution in [0.15, 0.2) is 48.0 Å². The van der Waals surface area contributed by atoms with Crippen molar-refractivity contribution in [1.29, 1.82) is 5.26 Å². The van der Waals surface area contributed by atoms with Crippen LogP contribution in [0.4, 0.5) is 0 Å². The van der Waals surface area contributed by atoms with E-state index in [1.807, 2.05) is 57.2 Å². The first-order chi connectivity index (χ1) is 13.3. The van der Waals surface area contributed by atoms with Crippen molar-refractivity contribution < 1.29 is 14.3 Å². The Morgan fingerprint density at radius 3 is 2.46 bits per heavy atom. The predicted molar refractivity (Wildman–Crippen MR) is 110 cm³/mol. The van der Waals surface area contributed by atoms with Crippen molar-refractivity contribution in [1.82, 2.24) is 5.32 Å². The van der Waals surface area contributed by atoms with Crippen LogP contribution in [-0.2, 0) is 4.79 Å². The summed E-state index contributed by atoms with van der Waals surface area (Å²) in [4.78, 5) is 12.5. The molecule has 0 bridgehead atoms. The zero-order chi connectivity index (χ0) is 20.7. The fourth-order valence-electron chi connectivity index (χ4n) is 2.59. The molecule has 1 atom stereocenters. The fourth-order valence-corrected chi connectivity index (χ4v) is 2.85. The zero-order valence-electron chi connectivity index (χ0n) is 16.3. The van der Waals surface area contributed by atoms with Crippen molar-refractivity contribution in [3.05, 3.63) is 64.2 Å². The number of halogens is 1. The second kappa shape index (κ2) is 9.82. The number of ether oxygens (including phenoxy) is 2. The molecule has 28 heavy (non-hydrogen) atoms. The summed E-state index contributed by atoms with van der Waals surface area (Å²) in [6.07, 6.45) is 1.40. The summed E-state index contributed by atoms with van der Waals surface area (Å²) >= 11 is 6.31. The molecule has 0 heterocycles. The van der Waals surface area contributed by atoms with Gasteiger partial charge in [-0.1, -0.05) is 41.9 Å². The normalized spacial score (nSPS) is 12.2. The minimum atomic E-state index is -0.462. The number of methoxy groups -OCH3 is 1. The summed E-state index contributed by atoms with van der Waals surface area (Å²) in [5, 5.41) is 12.6. The van der Waals surface area contributed by atoms with Gasteiger partial charge in [-0.3, -0.25) is 4.79 Å². The lowest BCUT2D eigenvalue weighted by atomic mass is 10.1. The highest BCUT2D eigenvalue weighted by Gasteiger charge is 2.16. The summed E-state index contributed by atoms with van der Waals surface area (Å²) in [7, 11) is 1.51. The topological polar surface area (TPSA) is 71.3 Å². The molecule has 0 unspecified atom stereocenters. The van der Waals surface area contributed by atoms with Crippen LogP contribution < -0.4 is 14.8 Å². The third-order valence-corrected chi connectivity index (χ3v) is 4.21. The molecule has 0 saturated carbocycles. The second-order valence-corrected chi connectivity index (χ2v) is 6.88. The quantitative estimate of drug-likeness (QED) is 0.530. The molecule has 0 aliphatic carbocycles. The van der Waals surface area contributed by atoms with Crippen molar-refractivity contribution in [3.63, 3.8) is 0 Å². The lowest BCUT2D eigenvalue weighted by molar-refractivity contribution is -0.117. The molecule has 0 fully saturated rings. The van der Waals surface area contributed by atoms with Gasteiger partial charge >= 0.3 is 0 Å². The van der Waals surface area contributed by atoms with Crippen molar-refractivity contribution in [2.75, 3.05) is 7.11 Å². The number of carbonyl (C=O) groups excluding carboxylic acids is 1. The van der Waals surface area contributed by atoms with E-state index in [-0.39, 0.29) is 17.7 Å². The van der Waals surface area contributed by atoms with Crippen LogP contribution in [0.25, 0.3) is 6.08 Å². The Labute approximate surface area is 170 Å². The largest absolute Gasteiger partial charge is 0.493 e. The van der Waals surface area contributed by atoms with Gasteiger partial charge in [0.15, 0.2) is 11.5 Å². The Morgan fingerprint density at radius 2 is 1.89 bits per heavy atom. The third-order valence-electron chi connectivity index (χ3n) is 3.93. The van der Waals surface area contributed by atoms with Gasteiger partial charge < -0.3 is 14.8 Å². The van der Waals surface area contributed by atoms with Gasteiger partial charge in [-0.25, -0.2) is 0 Å². The van der Waals surface area contributed by atoms with E-state index in [0.717, 1.165) is 5.56 Å². The Hall–Kier alpha value is -2.97. The molecule has 2 aromatic rings. The van der Waals surface area contributed by atoms with Crippen LogP contribution in [0.3, 0.4) is 0 Å². The predicted octanol–water partition coefficient (Wildman–Crippen LogP) is 4.92. The van der Waals surface area contributed by atoms with Gasteiger partial charge in [0.25, 0.3) is 5.91 Å². The van der Waals surface area contributed by atoms with E-state index in [2.05, 4.69) is 5.32 Å². The Kier molecular flexibility index (Phi) is 7.48. The standard InChI is InChI=1S/C22H23ClN2O3/c1-14(2)28-21-19(23)11-16(12-20(21)27-4)10-18(13-24)22(26)25-15(3)17-8-6-5-7-9-17/h5-12,14-15H,1-4H3,(H,25,26)/b18-10-/t15-/m1/s1. The highest BCUT2D eigenvalue weighted by Crippen LogP contribution is 2.37. The van der Waals surface area contributed by atoms with Gasteiger partial charge in [0, 0.05) is 0 Å². The van der Waals surface area contributed by atoms with E-state index in [0.29, 0.717) is 22.1 Å². The third kappa shape index (κ3) is 5.51. The number of rotatable bonds is 7. The average molecular weight is 399 g/mol. The number of nitrogens with one attached hydrogen (secondary N) is 1. The molecular formula is C22H23ClN2O3. The summed E-state index contributed by atoms with van der Waals surface area (Å²) in [6, 6.07) is 14.6. The zero-order valence-corrected chi connectivity index (χ0v) is 17.1. The number of benzene rings is 2. The first kappa shape index (κ1) is 21.3. The average Bonchev–Trinajstić information content (AvgIpc) is 2.68. The first-order valence-corrected chi connectivity index (χ1v) is 9.25. The summed E-state index contributed by atoms with van der Waals surface area (Å²) in [5.41, 5.74) is 1.49. The van der Waals surface area contributed by atoms with Gasteiger partial charge in [0.1, 0.15) is 11.6 Å². The van der Waals surface area contributed by atoms with Crippen molar-refractivity contribution in [2.24, 2.45) is 0 Å². The van der Waals surface area contributed by atoms with Gasteiger partial charge in [-0.2, -0.15) is 5.26 Å². The van der Waals surface area contributed by atoms with E-state index in [4.69, 9.17) is 21.1 Å². The maximum atomic E-state index is 12.5. The molecule has 0 spiro atoms. The summed E-state index contributed by atoms with van der Waals surface area (Å²) in [5.74, 6) is 0.399. The molecule has 1 N–H and O–H groups in total. The molecule has 5 nitrogen and oxygen atoms in total. The molecule has 6 heteroatoms. The van der Waals surface area contributed by atoms with Crippen LogP contribution in [0.1, 0.15) is 37.9 Å². The minimum absolute atomic E-state index is 0.0292. The second-order valence-electron chi connectivity index (χ2n) is 6.48. The van der Waals surface area contributed by atoms with Crippen molar-refractivity contribution >= 4 is 23.6 Å². The molecule has 0 saturated heterocycles. The van der Waals surface area contributed by atoms with Crippen LogP contribution in [0.2, 0.25) is 5.02 Å². The SMILES string of the molecule is COc1cc(/C=C(/C#N)C(=O)N[C@H](C)c2ccccc2)cc(Cl)c1OC(C)C. The van der Waals surface area contributed by atoms with Crippen molar-refractivity contribution in [3.8, 4) is 17.6 Å². The van der Waals surface area contributed by atoms with E-state index >= 15 is 0 Å².